The Labute approximate surface area is 207 Å². The second-order valence-electron chi connectivity index (χ2n) is 9.22. The Bertz CT molecular complexity index is 569. The molecule has 0 aromatic rings. The quantitative estimate of drug-likeness (QED) is 0.0641. The molecule has 0 aromatic heterocycles. The minimum absolute atomic E-state index is 0.131. The van der Waals surface area contributed by atoms with E-state index < -0.39 is 17.7 Å². The minimum Gasteiger partial charge on any atom is -0.370 e. The molecule has 0 aromatic carbocycles. The van der Waals surface area contributed by atoms with E-state index in [-0.39, 0.29) is 18.3 Å². The number of nitrogens with one attached hydrogen (secondary N) is 4. The molecule has 0 spiro atoms. The summed E-state index contributed by atoms with van der Waals surface area (Å²) >= 11 is 0. The van der Waals surface area contributed by atoms with Gasteiger partial charge in [-0.05, 0) is 25.7 Å². The first-order chi connectivity index (χ1) is 16.4. The van der Waals surface area contributed by atoms with Crippen molar-refractivity contribution in [3.63, 3.8) is 0 Å². The molecule has 2 amide bonds. The summed E-state index contributed by atoms with van der Waals surface area (Å²) in [6.45, 7) is 5.32. The van der Waals surface area contributed by atoms with E-state index in [0.29, 0.717) is 32.4 Å². The fraction of sp³-hybridized carbons (Fsp3) is 0.846. The van der Waals surface area contributed by atoms with Crippen LogP contribution in [0.5, 0.6) is 0 Å². The summed E-state index contributed by atoms with van der Waals surface area (Å²) < 4.78 is 0. The van der Waals surface area contributed by atoms with Crippen molar-refractivity contribution in [2.45, 2.75) is 129 Å². The minimum atomic E-state index is -0.760. The molecule has 0 heterocycles. The van der Waals surface area contributed by atoms with Gasteiger partial charge >= 0.3 is 0 Å². The number of nitrogens with two attached hydrogens (primary N) is 1. The number of rotatable bonds is 23. The van der Waals surface area contributed by atoms with E-state index in [9.17, 15) is 14.4 Å². The van der Waals surface area contributed by atoms with Crippen LogP contribution >= 0.6 is 0 Å². The molecule has 0 aliphatic carbocycles. The Morgan fingerprint density at radius 3 is 1.76 bits per heavy atom. The number of hydrogen-bond donors (Lipinski definition) is 5. The van der Waals surface area contributed by atoms with Crippen molar-refractivity contribution in [3.8, 4) is 0 Å². The van der Waals surface area contributed by atoms with Gasteiger partial charge in [-0.15, -0.1) is 0 Å². The maximum absolute atomic E-state index is 12.7. The summed E-state index contributed by atoms with van der Waals surface area (Å²) in [6.07, 6.45) is 17.1. The number of carbonyl (C=O) groups is 3. The van der Waals surface area contributed by atoms with Gasteiger partial charge in [-0.25, -0.2) is 0 Å². The highest BCUT2D eigenvalue weighted by molar-refractivity contribution is 6.36. The van der Waals surface area contributed by atoms with Gasteiger partial charge in [0.1, 0.15) is 6.04 Å². The number of Topliss-reactive ketones (excluding diaryl/α,β-unsaturated/α-hetero) is 1. The molecule has 0 fully saturated rings. The van der Waals surface area contributed by atoms with E-state index in [0.717, 1.165) is 32.1 Å². The van der Waals surface area contributed by atoms with Gasteiger partial charge in [0.2, 0.25) is 11.7 Å². The maximum Gasteiger partial charge on any atom is 0.288 e. The average molecular weight is 482 g/mol. The smallest absolute Gasteiger partial charge is 0.288 e. The third-order valence-corrected chi connectivity index (χ3v) is 5.95. The normalized spacial score (nSPS) is 11.6. The summed E-state index contributed by atoms with van der Waals surface area (Å²) in [4.78, 5) is 37.1. The number of carbonyl (C=O) groups excluding carboxylic acids is 3. The second kappa shape index (κ2) is 22.7. The van der Waals surface area contributed by atoms with E-state index in [1.807, 2.05) is 0 Å². The average Bonchev–Trinajstić information content (AvgIpc) is 2.81. The van der Waals surface area contributed by atoms with Crippen molar-refractivity contribution in [2.75, 3.05) is 13.1 Å². The zero-order chi connectivity index (χ0) is 25.4. The van der Waals surface area contributed by atoms with Crippen molar-refractivity contribution in [1.82, 2.24) is 16.0 Å². The Kier molecular flexibility index (Phi) is 21.2. The number of amides is 2. The van der Waals surface area contributed by atoms with E-state index in [2.05, 4.69) is 29.8 Å². The molecule has 0 bridgehead atoms. The standard InChI is InChI=1S/C26H51N5O3/c1-3-5-7-9-10-11-12-13-14-16-20-29-24(33)22(18-17-21-30-26(27)28)31-25(34)23(32)19-15-8-6-4-2/h22H,3-21H2,1-2H3,(H,29,33)(H,31,34)(H4,27,28,30)/t22-/m0/s1. The summed E-state index contributed by atoms with van der Waals surface area (Å²) in [5, 5.41) is 15.4. The molecule has 0 rings (SSSR count). The lowest BCUT2D eigenvalue weighted by Crippen LogP contribution is -2.49. The van der Waals surface area contributed by atoms with Gasteiger partial charge in [0.05, 0.1) is 0 Å². The van der Waals surface area contributed by atoms with Crippen molar-refractivity contribution in [3.05, 3.63) is 0 Å². The van der Waals surface area contributed by atoms with E-state index >= 15 is 0 Å². The van der Waals surface area contributed by atoms with Crippen LogP contribution in [0.15, 0.2) is 0 Å². The van der Waals surface area contributed by atoms with Crippen molar-refractivity contribution >= 4 is 23.6 Å². The van der Waals surface area contributed by atoms with Gasteiger partial charge in [0.15, 0.2) is 5.96 Å². The fourth-order valence-electron chi connectivity index (χ4n) is 3.81. The number of unbranched alkanes of at least 4 members (excludes halogenated alkanes) is 12. The first-order valence-electron chi connectivity index (χ1n) is 13.6. The highest BCUT2D eigenvalue weighted by atomic mass is 16.2. The van der Waals surface area contributed by atoms with Gasteiger partial charge in [0, 0.05) is 19.5 Å². The molecule has 8 nitrogen and oxygen atoms in total. The molecule has 0 saturated carbocycles. The summed E-state index contributed by atoms with van der Waals surface area (Å²) in [5.41, 5.74) is 5.29. The molecule has 0 saturated heterocycles. The van der Waals surface area contributed by atoms with Gasteiger partial charge in [0.25, 0.3) is 5.91 Å². The van der Waals surface area contributed by atoms with Gasteiger partial charge in [-0.3, -0.25) is 19.8 Å². The molecular weight excluding hydrogens is 430 g/mol. The molecule has 34 heavy (non-hydrogen) atoms. The SMILES string of the molecule is CCCCCCCCCCCCNC(=O)[C@H](CCCNC(=N)N)NC(=O)C(=O)CCCCCC. The monoisotopic (exact) mass is 481 g/mol. The molecule has 0 aliphatic heterocycles. The third kappa shape index (κ3) is 19.4. The van der Waals surface area contributed by atoms with Crippen LogP contribution in [0.1, 0.15) is 123 Å². The fourth-order valence-corrected chi connectivity index (χ4v) is 3.81. The molecular formula is C26H51N5O3. The zero-order valence-corrected chi connectivity index (χ0v) is 21.8. The number of hydrogen-bond acceptors (Lipinski definition) is 4. The van der Waals surface area contributed by atoms with E-state index in [1.54, 1.807) is 0 Å². The van der Waals surface area contributed by atoms with Crippen LogP contribution < -0.4 is 21.7 Å². The molecule has 198 valence electrons. The predicted molar refractivity (Wildman–Crippen MR) is 140 cm³/mol. The van der Waals surface area contributed by atoms with Crippen molar-refractivity contribution in [1.29, 1.82) is 5.41 Å². The predicted octanol–water partition coefficient (Wildman–Crippen LogP) is 4.31. The van der Waals surface area contributed by atoms with Crippen LogP contribution in [-0.4, -0.2) is 42.7 Å². The first kappa shape index (κ1) is 31.9. The van der Waals surface area contributed by atoms with Crippen LogP contribution in [0.4, 0.5) is 0 Å². The van der Waals surface area contributed by atoms with Crippen LogP contribution in [0.25, 0.3) is 0 Å². The van der Waals surface area contributed by atoms with Gasteiger partial charge in [-0.1, -0.05) is 90.9 Å². The highest BCUT2D eigenvalue weighted by Crippen LogP contribution is 2.10. The lowest BCUT2D eigenvalue weighted by molar-refractivity contribution is -0.139. The van der Waals surface area contributed by atoms with E-state index in [1.165, 1.54) is 51.4 Å². The first-order valence-corrected chi connectivity index (χ1v) is 13.6. The summed E-state index contributed by atoms with van der Waals surface area (Å²) in [6, 6.07) is -0.760. The van der Waals surface area contributed by atoms with Crippen LogP contribution in [-0.2, 0) is 14.4 Å². The molecule has 8 heteroatoms. The Hall–Kier alpha value is -2.12. The zero-order valence-electron chi connectivity index (χ0n) is 21.8. The van der Waals surface area contributed by atoms with E-state index in [4.69, 9.17) is 11.1 Å². The third-order valence-electron chi connectivity index (χ3n) is 5.95. The second-order valence-corrected chi connectivity index (χ2v) is 9.22. The van der Waals surface area contributed by atoms with Crippen molar-refractivity contribution < 1.29 is 14.4 Å². The summed E-state index contributed by atoms with van der Waals surface area (Å²) in [7, 11) is 0. The largest absolute Gasteiger partial charge is 0.370 e. The Balaban J connectivity index is 4.29. The lowest BCUT2D eigenvalue weighted by Gasteiger charge is -2.18. The maximum atomic E-state index is 12.7. The summed E-state index contributed by atoms with van der Waals surface area (Å²) in [5.74, 6) is -1.54. The number of guanidine groups is 1. The lowest BCUT2D eigenvalue weighted by atomic mass is 10.1. The Morgan fingerprint density at radius 1 is 0.706 bits per heavy atom. The number of ketones is 1. The topological polar surface area (TPSA) is 137 Å². The van der Waals surface area contributed by atoms with Crippen molar-refractivity contribution in [2.24, 2.45) is 5.73 Å². The molecule has 0 unspecified atom stereocenters. The van der Waals surface area contributed by atoms with Gasteiger partial charge < -0.3 is 21.7 Å². The highest BCUT2D eigenvalue weighted by Gasteiger charge is 2.23. The molecule has 6 N–H and O–H groups in total. The molecule has 0 radical (unpaired) electrons. The van der Waals surface area contributed by atoms with Crippen LogP contribution in [0.2, 0.25) is 0 Å². The van der Waals surface area contributed by atoms with Crippen LogP contribution in [0, 0.1) is 5.41 Å². The van der Waals surface area contributed by atoms with Gasteiger partial charge in [-0.2, -0.15) is 0 Å². The molecule has 0 aliphatic rings. The molecule has 1 atom stereocenters. The van der Waals surface area contributed by atoms with Crippen LogP contribution in [0.3, 0.4) is 0 Å². The Morgan fingerprint density at radius 2 is 1.21 bits per heavy atom.